The maximum Gasteiger partial charge on any atom is 0.244 e. The predicted molar refractivity (Wildman–Crippen MR) is 84.9 cm³/mol. The fraction of sp³-hybridized carbons (Fsp3) is 0.118. The number of amides is 1. The van der Waals surface area contributed by atoms with E-state index < -0.39 is 12.0 Å². The van der Waals surface area contributed by atoms with E-state index in [9.17, 15) is 25.2 Å². The van der Waals surface area contributed by atoms with Gasteiger partial charge in [0.05, 0.1) is 6.10 Å². The number of phenols is 3. The highest BCUT2D eigenvalue weighted by Gasteiger charge is 2.08. The molecule has 5 N–H and O–H groups in total. The summed E-state index contributed by atoms with van der Waals surface area (Å²) in [5.74, 6) is -0.806. The highest BCUT2D eigenvalue weighted by atomic mass is 16.3. The molecular formula is C17H17NO5. The standard InChI is InChI=1S/C17H17NO5/c19-13-5-3-12(4-6-13)16(22)10-18-17(23)8-2-11-1-7-14(20)15(21)9-11/h1-9,16,19-22H,10H2,(H,18,23)/b8-2+/t16-/m1/s1. The molecule has 120 valence electrons. The van der Waals surface area contributed by atoms with Crippen molar-refractivity contribution in [3.63, 3.8) is 0 Å². The lowest BCUT2D eigenvalue weighted by atomic mass is 10.1. The van der Waals surface area contributed by atoms with Crippen molar-refractivity contribution in [2.75, 3.05) is 6.54 Å². The van der Waals surface area contributed by atoms with Crippen molar-refractivity contribution >= 4 is 12.0 Å². The van der Waals surface area contributed by atoms with Crippen LogP contribution in [0.3, 0.4) is 0 Å². The third kappa shape index (κ3) is 4.76. The molecule has 2 aromatic rings. The Morgan fingerprint density at radius 3 is 2.39 bits per heavy atom. The second-order valence-electron chi connectivity index (χ2n) is 4.93. The van der Waals surface area contributed by atoms with Gasteiger partial charge >= 0.3 is 0 Å². The van der Waals surface area contributed by atoms with Crippen LogP contribution < -0.4 is 5.32 Å². The monoisotopic (exact) mass is 315 g/mol. The number of carbonyl (C=O) groups excluding carboxylic acids is 1. The summed E-state index contributed by atoms with van der Waals surface area (Å²) in [6.45, 7) is 0.0226. The Balaban J connectivity index is 1.88. The largest absolute Gasteiger partial charge is 0.508 e. The molecule has 2 aromatic carbocycles. The van der Waals surface area contributed by atoms with E-state index in [0.717, 1.165) is 0 Å². The molecule has 23 heavy (non-hydrogen) atoms. The minimum Gasteiger partial charge on any atom is -0.508 e. The van der Waals surface area contributed by atoms with Gasteiger partial charge in [0.15, 0.2) is 11.5 Å². The molecule has 0 aliphatic rings. The van der Waals surface area contributed by atoms with Crippen LogP contribution in [0.5, 0.6) is 17.2 Å². The first-order chi connectivity index (χ1) is 11.0. The molecule has 0 heterocycles. The number of rotatable bonds is 5. The van der Waals surface area contributed by atoms with Crippen LogP contribution in [0.1, 0.15) is 17.2 Å². The van der Waals surface area contributed by atoms with E-state index >= 15 is 0 Å². The molecule has 0 bridgehead atoms. The van der Waals surface area contributed by atoms with Crippen molar-refractivity contribution in [1.29, 1.82) is 0 Å². The molecule has 0 spiro atoms. The zero-order valence-electron chi connectivity index (χ0n) is 12.2. The molecular weight excluding hydrogens is 298 g/mol. The summed E-state index contributed by atoms with van der Waals surface area (Å²) in [5, 5.41) is 40.2. The predicted octanol–water partition coefficient (Wildman–Crippen LogP) is 1.67. The van der Waals surface area contributed by atoms with Crippen molar-refractivity contribution in [1.82, 2.24) is 5.32 Å². The second-order valence-corrected chi connectivity index (χ2v) is 4.93. The van der Waals surface area contributed by atoms with Crippen LogP contribution in [0.15, 0.2) is 48.5 Å². The van der Waals surface area contributed by atoms with Crippen LogP contribution in [0.4, 0.5) is 0 Å². The summed E-state index contributed by atoms with van der Waals surface area (Å²) >= 11 is 0. The number of nitrogens with one attached hydrogen (secondary N) is 1. The number of benzene rings is 2. The molecule has 0 aliphatic heterocycles. The van der Waals surface area contributed by atoms with Crippen LogP contribution >= 0.6 is 0 Å². The number of phenolic OH excluding ortho intramolecular Hbond substituents is 3. The summed E-state index contributed by atoms with van der Waals surface area (Å²) < 4.78 is 0. The maximum atomic E-state index is 11.7. The zero-order chi connectivity index (χ0) is 16.8. The average molecular weight is 315 g/mol. The summed E-state index contributed by atoms with van der Waals surface area (Å²) in [7, 11) is 0. The Hall–Kier alpha value is -2.99. The molecule has 0 fully saturated rings. The fourth-order valence-electron chi connectivity index (χ4n) is 1.89. The lowest BCUT2D eigenvalue weighted by Gasteiger charge is -2.11. The zero-order valence-corrected chi connectivity index (χ0v) is 12.2. The first kappa shape index (κ1) is 16.4. The Morgan fingerprint density at radius 1 is 1.04 bits per heavy atom. The Morgan fingerprint density at radius 2 is 1.74 bits per heavy atom. The number of aliphatic hydroxyl groups is 1. The van der Waals surface area contributed by atoms with Gasteiger partial charge in [0.1, 0.15) is 5.75 Å². The molecule has 6 nitrogen and oxygen atoms in total. The van der Waals surface area contributed by atoms with Gasteiger partial charge in [0, 0.05) is 12.6 Å². The Bertz CT molecular complexity index is 709. The SMILES string of the molecule is O=C(/C=C/c1ccc(O)c(O)c1)NC[C@@H](O)c1ccc(O)cc1. The first-order valence-corrected chi connectivity index (χ1v) is 6.90. The van der Waals surface area contributed by atoms with E-state index in [2.05, 4.69) is 5.32 Å². The molecule has 0 saturated carbocycles. The lowest BCUT2D eigenvalue weighted by Crippen LogP contribution is -2.26. The van der Waals surface area contributed by atoms with Gasteiger partial charge in [-0.2, -0.15) is 0 Å². The lowest BCUT2D eigenvalue weighted by molar-refractivity contribution is -0.116. The second kappa shape index (κ2) is 7.33. The van der Waals surface area contributed by atoms with Crippen LogP contribution in [-0.4, -0.2) is 32.9 Å². The number of hydrogen-bond acceptors (Lipinski definition) is 5. The van der Waals surface area contributed by atoms with E-state index in [1.54, 1.807) is 18.2 Å². The molecule has 0 unspecified atom stereocenters. The van der Waals surface area contributed by atoms with Crippen molar-refractivity contribution < 1.29 is 25.2 Å². The third-order valence-electron chi connectivity index (χ3n) is 3.17. The Kier molecular flexibility index (Phi) is 5.22. The Labute approximate surface area is 133 Å². The quantitative estimate of drug-likeness (QED) is 0.426. The molecule has 1 amide bonds. The van der Waals surface area contributed by atoms with Crippen molar-refractivity contribution in [2.45, 2.75) is 6.10 Å². The number of aliphatic hydroxyl groups excluding tert-OH is 1. The molecule has 6 heteroatoms. The van der Waals surface area contributed by atoms with E-state index in [4.69, 9.17) is 0 Å². The van der Waals surface area contributed by atoms with Crippen LogP contribution in [0, 0.1) is 0 Å². The normalized spacial score (nSPS) is 12.2. The smallest absolute Gasteiger partial charge is 0.244 e. The third-order valence-corrected chi connectivity index (χ3v) is 3.17. The van der Waals surface area contributed by atoms with Crippen molar-refractivity contribution in [3.8, 4) is 17.2 Å². The summed E-state index contributed by atoms with van der Waals surface area (Å²) in [4.78, 5) is 11.7. The average Bonchev–Trinajstić information content (AvgIpc) is 2.54. The first-order valence-electron chi connectivity index (χ1n) is 6.90. The van der Waals surface area contributed by atoms with Crippen LogP contribution in [0.2, 0.25) is 0 Å². The highest BCUT2D eigenvalue weighted by molar-refractivity contribution is 5.91. The number of aromatic hydroxyl groups is 3. The van der Waals surface area contributed by atoms with E-state index in [1.165, 1.54) is 36.4 Å². The number of hydrogen-bond donors (Lipinski definition) is 5. The minimum absolute atomic E-state index is 0.0226. The molecule has 2 rings (SSSR count). The van der Waals surface area contributed by atoms with Crippen LogP contribution in [0.25, 0.3) is 6.08 Å². The van der Waals surface area contributed by atoms with E-state index in [-0.39, 0.29) is 23.8 Å². The van der Waals surface area contributed by atoms with Crippen LogP contribution in [-0.2, 0) is 4.79 Å². The van der Waals surface area contributed by atoms with Crippen molar-refractivity contribution in [2.24, 2.45) is 0 Å². The van der Waals surface area contributed by atoms with Gasteiger partial charge in [-0.1, -0.05) is 18.2 Å². The van der Waals surface area contributed by atoms with Gasteiger partial charge in [-0.3, -0.25) is 4.79 Å². The summed E-state index contributed by atoms with van der Waals surface area (Å²) in [5.41, 5.74) is 1.13. The minimum atomic E-state index is -0.884. The fourth-order valence-corrected chi connectivity index (χ4v) is 1.89. The summed E-state index contributed by atoms with van der Waals surface area (Å²) in [6.07, 6.45) is 1.85. The van der Waals surface area contributed by atoms with Gasteiger partial charge in [0.25, 0.3) is 0 Å². The molecule has 0 aliphatic carbocycles. The van der Waals surface area contributed by atoms with Gasteiger partial charge < -0.3 is 25.7 Å². The molecule has 0 radical (unpaired) electrons. The van der Waals surface area contributed by atoms with E-state index in [1.807, 2.05) is 0 Å². The van der Waals surface area contributed by atoms with Crippen molar-refractivity contribution in [3.05, 3.63) is 59.7 Å². The molecule has 1 atom stereocenters. The van der Waals surface area contributed by atoms with Gasteiger partial charge in [0.2, 0.25) is 5.91 Å². The molecule has 0 aromatic heterocycles. The van der Waals surface area contributed by atoms with E-state index in [0.29, 0.717) is 11.1 Å². The van der Waals surface area contributed by atoms with Gasteiger partial charge in [-0.15, -0.1) is 0 Å². The van der Waals surface area contributed by atoms with Gasteiger partial charge in [-0.25, -0.2) is 0 Å². The topological polar surface area (TPSA) is 110 Å². The number of carbonyl (C=O) groups is 1. The van der Waals surface area contributed by atoms with Gasteiger partial charge in [-0.05, 0) is 41.5 Å². The molecule has 0 saturated heterocycles. The summed E-state index contributed by atoms with van der Waals surface area (Å²) in [6, 6.07) is 10.2. The maximum absolute atomic E-state index is 11.7. The highest BCUT2D eigenvalue weighted by Crippen LogP contribution is 2.25.